The van der Waals surface area contributed by atoms with Crippen molar-refractivity contribution < 1.29 is 80.2 Å². The molecule has 0 saturated carbocycles. The van der Waals surface area contributed by atoms with Crippen molar-refractivity contribution in [2.24, 2.45) is 11.8 Å². The number of unbranched alkanes of at least 4 members (excludes halogenated alkanes) is 23. The molecule has 0 heterocycles. The number of esters is 4. The van der Waals surface area contributed by atoms with Crippen molar-refractivity contribution in [3.05, 3.63) is 0 Å². The van der Waals surface area contributed by atoms with Crippen molar-refractivity contribution in [1.29, 1.82) is 0 Å². The van der Waals surface area contributed by atoms with Crippen LogP contribution < -0.4 is 0 Å². The summed E-state index contributed by atoms with van der Waals surface area (Å²) in [5.74, 6) is -0.767. The van der Waals surface area contributed by atoms with Gasteiger partial charge in [0.2, 0.25) is 0 Å². The standard InChI is InChI=1S/C54H104O17P2/c1-7-9-11-13-14-18-26-32-38-53(58)70-49(42-64-51(56)36-30-22-12-10-8-2)44-68-72(60,61)66-40-48(55)41-67-73(62,63)69-45-50(43-65-52(57)37-31-25-21-20-24-29-35-47(5)6)71-54(59)39-33-27-19-16-15-17-23-28-34-46(3)4/h46-50,55H,7-45H2,1-6H3,(H,60,61)(H,62,63)/t48-,49+,50+/m0/s1. The number of hydrogen-bond donors (Lipinski definition) is 3. The highest BCUT2D eigenvalue weighted by Crippen LogP contribution is 2.45. The van der Waals surface area contributed by atoms with Crippen molar-refractivity contribution in [1.82, 2.24) is 0 Å². The SMILES string of the molecule is CCCCCCCCCCC(=O)O[C@H](COC(=O)CCCCCCC)COP(=O)(O)OC[C@H](O)COP(=O)(O)OC[C@@H](COC(=O)CCCCCCCCC(C)C)OC(=O)CCCCCCCCCCC(C)C. The minimum Gasteiger partial charge on any atom is -0.462 e. The Morgan fingerprint density at radius 2 is 0.630 bits per heavy atom. The maximum Gasteiger partial charge on any atom is 0.472 e. The van der Waals surface area contributed by atoms with E-state index in [-0.39, 0.29) is 25.7 Å². The van der Waals surface area contributed by atoms with Gasteiger partial charge in [0.1, 0.15) is 19.3 Å². The zero-order chi connectivity index (χ0) is 54.4. The van der Waals surface area contributed by atoms with Gasteiger partial charge in [-0.3, -0.25) is 37.3 Å². The number of carbonyl (C=O) groups excluding carboxylic acids is 4. The quantitative estimate of drug-likeness (QED) is 0.0222. The third kappa shape index (κ3) is 49.4. The summed E-state index contributed by atoms with van der Waals surface area (Å²) in [4.78, 5) is 71.3. The van der Waals surface area contributed by atoms with Crippen LogP contribution in [0.4, 0.5) is 0 Å². The Kier molecular flexibility index (Phi) is 46.0. The second-order valence-electron chi connectivity index (χ2n) is 20.6. The van der Waals surface area contributed by atoms with Gasteiger partial charge in [-0.05, 0) is 37.5 Å². The minimum absolute atomic E-state index is 0.103. The third-order valence-electron chi connectivity index (χ3n) is 12.2. The number of phosphoric acid groups is 2. The molecule has 0 rings (SSSR count). The molecular formula is C54H104O17P2. The Balaban J connectivity index is 5.19. The molecule has 3 N–H and O–H groups in total. The highest BCUT2D eigenvalue weighted by atomic mass is 31.2. The smallest absolute Gasteiger partial charge is 0.462 e. The van der Waals surface area contributed by atoms with Crippen LogP contribution in [0.15, 0.2) is 0 Å². The van der Waals surface area contributed by atoms with Crippen molar-refractivity contribution in [3.8, 4) is 0 Å². The molecule has 0 aliphatic carbocycles. The molecule has 432 valence electrons. The molecule has 0 aromatic carbocycles. The zero-order valence-electron chi connectivity index (χ0n) is 46.4. The van der Waals surface area contributed by atoms with Crippen LogP contribution in [0.1, 0.15) is 253 Å². The molecule has 19 heteroatoms. The minimum atomic E-state index is -4.93. The zero-order valence-corrected chi connectivity index (χ0v) is 48.2. The van der Waals surface area contributed by atoms with Crippen LogP contribution >= 0.6 is 15.6 Å². The average molecular weight is 1090 g/mol. The van der Waals surface area contributed by atoms with Crippen molar-refractivity contribution in [3.63, 3.8) is 0 Å². The second-order valence-corrected chi connectivity index (χ2v) is 23.5. The maximum absolute atomic E-state index is 12.9. The predicted octanol–water partition coefficient (Wildman–Crippen LogP) is 13.7. The lowest BCUT2D eigenvalue weighted by atomic mass is 10.0. The summed E-state index contributed by atoms with van der Waals surface area (Å²) >= 11 is 0. The van der Waals surface area contributed by atoms with E-state index in [1.165, 1.54) is 51.4 Å². The highest BCUT2D eigenvalue weighted by Gasteiger charge is 2.30. The Morgan fingerprint density at radius 3 is 0.932 bits per heavy atom. The summed E-state index contributed by atoms with van der Waals surface area (Å²) in [6, 6.07) is 0. The molecule has 0 aromatic rings. The predicted molar refractivity (Wildman–Crippen MR) is 285 cm³/mol. The molecular weight excluding hydrogens is 983 g/mol. The molecule has 5 atom stereocenters. The van der Waals surface area contributed by atoms with E-state index < -0.39 is 97.5 Å². The van der Waals surface area contributed by atoms with E-state index in [0.717, 1.165) is 115 Å². The molecule has 17 nitrogen and oxygen atoms in total. The lowest BCUT2D eigenvalue weighted by Crippen LogP contribution is -2.30. The molecule has 0 aliphatic heterocycles. The van der Waals surface area contributed by atoms with Gasteiger partial charge in [-0.25, -0.2) is 9.13 Å². The number of phosphoric ester groups is 2. The van der Waals surface area contributed by atoms with E-state index in [4.69, 9.17) is 37.0 Å². The van der Waals surface area contributed by atoms with Crippen molar-refractivity contribution in [2.75, 3.05) is 39.6 Å². The maximum atomic E-state index is 12.9. The third-order valence-corrected chi connectivity index (χ3v) is 14.1. The Labute approximate surface area is 441 Å². The number of hydrogen-bond acceptors (Lipinski definition) is 15. The van der Waals surface area contributed by atoms with E-state index in [9.17, 15) is 43.2 Å². The van der Waals surface area contributed by atoms with Crippen molar-refractivity contribution in [2.45, 2.75) is 272 Å². The molecule has 0 saturated heterocycles. The lowest BCUT2D eigenvalue weighted by Gasteiger charge is -2.21. The first-order valence-electron chi connectivity index (χ1n) is 28.5. The summed E-state index contributed by atoms with van der Waals surface area (Å²) in [5, 5.41) is 10.4. The van der Waals surface area contributed by atoms with Crippen LogP contribution in [0.3, 0.4) is 0 Å². The van der Waals surface area contributed by atoms with E-state index >= 15 is 0 Å². The van der Waals surface area contributed by atoms with Gasteiger partial charge in [0.15, 0.2) is 12.2 Å². The van der Waals surface area contributed by atoms with Crippen LogP contribution in [0.5, 0.6) is 0 Å². The van der Waals surface area contributed by atoms with Crippen LogP contribution in [-0.4, -0.2) is 96.7 Å². The van der Waals surface area contributed by atoms with Gasteiger partial charge in [-0.2, -0.15) is 0 Å². The number of aliphatic hydroxyl groups is 1. The topological polar surface area (TPSA) is 237 Å². The normalized spacial score (nSPS) is 14.6. The van der Waals surface area contributed by atoms with Gasteiger partial charge in [0, 0.05) is 25.7 Å². The lowest BCUT2D eigenvalue weighted by molar-refractivity contribution is -0.161. The largest absolute Gasteiger partial charge is 0.472 e. The second kappa shape index (κ2) is 47.3. The van der Waals surface area contributed by atoms with E-state index in [0.29, 0.717) is 31.6 Å². The summed E-state index contributed by atoms with van der Waals surface area (Å²) in [6.45, 7) is 9.17. The molecule has 0 bridgehead atoms. The van der Waals surface area contributed by atoms with Gasteiger partial charge < -0.3 is 33.8 Å². The van der Waals surface area contributed by atoms with Gasteiger partial charge >= 0.3 is 39.5 Å². The number of carbonyl (C=O) groups is 4. The van der Waals surface area contributed by atoms with Crippen LogP contribution in [-0.2, 0) is 65.4 Å². The van der Waals surface area contributed by atoms with Crippen LogP contribution in [0.25, 0.3) is 0 Å². The van der Waals surface area contributed by atoms with Gasteiger partial charge in [-0.15, -0.1) is 0 Å². The van der Waals surface area contributed by atoms with Crippen LogP contribution in [0, 0.1) is 11.8 Å². The highest BCUT2D eigenvalue weighted by molar-refractivity contribution is 7.47. The first kappa shape index (κ1) is 71.1. The fourth-order valence-electron chi connectivity index (χ4n) is 7.76. The van der Waals surface area contributed by atoms with E-state index in [1.807, 2.05) is 0 Å². The Morgan fingerprint density at radius 1 is 0.370 bits per heavy atom. The molecule has 0 fully saturated rings. The summed E-state index contributed by atoms with van der Waals surface area (Å²) in [7, 11) is -9.85. The fraction of sp³-hybridized carbons (Fsp3) is 0.926. The number of ether oxygens (including phenoxy) is 4. The molecule has 0 amide bonds. The van der Waals surface area contributed by atoms with E-state index in [1.54, 1.807) is 0 Å². The molecule has 0 aliphatic rings. The summed E-state index contributed by atoms with van der Waals surface area (Å²) in [5.41, 5.74) is 0. The number of rotatable bonds is 53. The first-order valence-corrected chi connectivity index (χ1v) is 31.5. The van der Waals surface area contributed by atoms with Gasteiger partial charge in [-0.1, -0.05) is 202 Å². The van der Waals surface area contributed by atoms with Gasteiger partial charge in [0.05, 0.1) is 26.4 Å². The molecule has 0 radical (unpaired) electrons. The monoisotopic (exact) mass is 1090 g/mol. The number of aliphatic hydroxyl groups excluding tert-OH is 1. The fourth-order valence-corrected chi connectivity index (χ4v) is 9.34. The van der Waals surface area contributed by atoms with E-state index in [2.05, 4.69) is 41.5 Å². The average Bonchev–Trinajstić information content (AvgIpc) is 3.33. The Hall–Kier alpha value is -1.94. The summed E-state index contributed by atoms with van der Waals surface area (Å²) < 4.78 is 67.3. The molecule has 2 unspecified atom stereocenters. The first-order chi connectivity index (χ1) is 34.9. The molecule has 73 heavy (non-hydrogen) atoms. The van der Waals surface area contributed by atoms with Crippen LogP contribution in [0.2, 0.25) is 0 Å². The summed E-state index contributed by atoms with van der Waals surface area (Å²) in [6.07, 6.45) is 25.9. The molecule has 0 spiro atoms. The van der Waals surface area contributed by atoms with Gasteiger partial charge in [0.25, 0.3) is 0 Å². The van der Waals surface area contributed by atoms with Crippen molar-refractivity contribution >= 4 is 39.5 Å². The molecule has 0 aromatic heterocycles. The Bertz CT molecular complexity index is 1460.